The lowest BCUT2D eigenvalue weighted by molar-refractivity contribution is 0.398. The van der Waals surface area contributed by atoms with E-state index in [0.717, 1.165) is 24.3 Å². The van der Waals surface area contributed by atoms with Gasteiger partial charge in [0.2, 0.25) is 5.88 Å². The zero-order valence-corrected chi connectivity index (χ0v) is 21.7. The largest absolute Gasteiger partial charge is 0.481 e. The molecular weight excluding hydrogens is 553 g/mol. The molecule has 0 atom stereocenters. The van der Waals surface area contributed by atoms with Crippen molar-refractivity contribution in [3.63, 3.8) is 0 Å². The highest BCUT2D eigenvalue weighted by molar-refractivity contribution is 6.39. The molecule has 37 heavy (non-hydrogen) atoms. The van der Waals surface area contributed by atoms with Crippen molar-refractivity contribution >= 4 is 56.6 Å². The monoisotopic (exact) mass is 567 g/mol. The van der Waals surface area contributed by atoms with Gasteiger partial charge in [-0.2, -0.15) is 0 Å². The van der Waals surface area contributed by atoms with Crippen LogP contribution in [0.1, 0.15) is 11.1 Å². The van der Waals surface area contributed by atoms with Gasteiger partial charge in [0, 0.05) is 35.9 Å². The number of hydrogen-bond donors (Lipinski definition) is 0. The van der Waals surface area contributed by atoms with Crippen molar-refractivity contribution in [3.8, 4) is 17.3 Å². The molecule has 2 aromatic carbocycles. The average molecular weight is 569 g/mol. The van der Waals surface area contributed by atoms with Crippen LogP contribution in [-0.4, -0.2) is 22.1 Å². The summed E-state index contributed by atoms with van der Waals surface area (Å²) in [7, 11) is 1.50. The van der Waals surface area contributed by atoms with Crippen molar-refractivity contribution < 1.29 is 22.3 Å². The molecule has 0 saturated heterocycles. The Morgan fingerprint density at radius 2 is 1.24 bits per heavy atom. The van der Waals surface area contributed by atoms with Gasteiger partial charge in [-0.25, -0.2) is 32.5 Å². The normalized spacial score (nSPS) is 11.0. The molecule has 3 heterocycles. The SMILES string of the molecule is COc1cccc(-c2nc3cc(F)cc(F)c3c(Cl)c2C)n1.Cc1c(Cl)nc2cc(F)cc(F)c2c1Cl. The summed E-state index contributed by atoms with van der Waals surface area (Å²) in [5.74, 6) is -2.46. The summed E-state index contributed by atoms with van der Waals surface area (Å²) in [5.41, 5.74) is 2.30. The van der Waals surface area contributed by atoms with E-state index in [-0.39, 0.29) is 37.0 Å². The van der Waals surface area contributed by atoms with Crippen LogP contribution in [0.15, 0.2) is 42.5 Å². The van der Waals surface area contributed by atoms with Crippen LogP contribution in [-0.2, 0) is 0 Å². The molecule has 4 nitrogen and oxygen atoms in total. The molecule has 0 amide bonds. The molecule has 0 aliphatic heterocycles. The first-order valence-electron chi connectivity index (χ1n) is 10.6. The summed E-state index contributed by atoms with van der Waals surface area (Å²) >= 11 is 17.9. The fraction of sp³-hybridized carbons (Fsp3) is 0.115. The quantitative estimate of drug-likeness (QED) is 0.158. The number of rotatable bonds is 2. The number of methoxy groups -OCH3 is 1. The molecule has 5 aromatic rings. The summed E-state index contributed by atoms with van der Waals surface area (Å²) in [6.07, 6.45) is 0. The third-order valence-corrected chi connectivity index (χ3v) is 6.77. The maximum absolute atomic E-state index is 13.9. The van der Waals surface area contributed by atoms with Crippen molar-refractivity contribution in [1.29, 1.82) is 0 Å². The van der Waals surface area contributed by atoms with Gasteiger partial charge in [-0.15, -0.1) is 0 Å². The Hall–Kier alpha value is -3.20. The Balaban J connectivity index is 0.000000186. The summed E-state index contributed by atoms with van der Waals surface area (Å²) in [4.78, 5) is 12.5. The fourth-order valence-electron chi connectivity index (χ4n) is 3.60. The highest BCUT2D eigenvalue weighted by atomic mass is 35.5. The zero-order valence-electron chi connectivity index (χ0n) is 19.4. The van der Waals surface area contributed by atoms with Gasteiger partial charge in [0.15, 0.2) is 0 Å². The number of aromatic nitrogens is 3. The Bertz CT molecular complexity index is 1680. The van der Waals surface area contributed by atoms with Crippen LogP contribution in [0.4, 0.5) is 17.6 Å². The van der Waals surface area contributed by atoms with E-state index in [0.29, 0.717) is 28.4 Å². The molecule has 11 heteroatoms. The number of benzene rings is 2. The summed E-state index contributed by atoms with van der Waals surface area (Å²) in [6, 6.07) is 8.98. The van der Waals surface area contributed by atoms with Gasteiger partial charge in [0.25, 0.3) is 0 Å². The van der Waals surface area contributed by atoms with E-state index in [1.165, 1.54) is 7.11 Å². The van der Waals surface area contributed by atoms with E-state index in [4.69, 9.17) is 39.5 Å². The lowest BCUT2D eigenvalue weighted by atomic mass is 10.1. The van der Waals surface area contributed by atoms with Crippen molar-refractivity contribution in [2.24, 2.45) is 0 Å². The minimum Gasteiger partial charge on any atom is -0.481 e. The summed E-state index contributed by atoms with van der Waals surface area (Å²) in [5, 5.41) is 0.717. The van der Waals surface area contributed by atoms with Crippen LogP contribution >= 0.6 is 34.8 Å². The Morgan fingerprint density at radius 3 is 1.81 bits per heavy atom. The van der Waals surface area contributed by atoms with Crippen LogP contribution < -0.4 is 4.74 Å². The van der Waals surface area contributed by atoms with Crippen molar-refractivity contribution in [3.05, 3.63) is 92.1 Å². The van der Waals surface area contributed by atoms with Gasteiger partial charge in [-0.1, -0.05) is 40.9 Å². The third-order valence-electron chi connectivity index (χ3n) is 5.46. The minimum atomic E-state index is -0.735. The average Bonchev–Trinajstić information content (AvgIpc) is 2.84. The number of hydrogen-bond acceptors (Lipinski definition) is 4. The number of nitrogens with zero attached hydrogens (tertiary/aromatic N) is 3. The molecule has 190 valence electrons. The van der Waals surface area contributed by atoms with Gasteiger partial charge in [-0.3, -0.25) is 0 Å². The highest BCUT2D eigenvalue weighted by Crippen LogP contribution is 2.35. The first-order valence-corrected chi connectivity index (χ1v) is 11.7. The van der Waals surface area contributed by atoms with E-state index >= 15 is 0 Å². The molecule has 0 aliphatic rings. The lowest BCUT2D eigenvalue weighted by Crippen LogP contribution is -1.97. The maximum Gasteiger partial charge on any atom is 0.213 e. The minimum absolute atomic E-state index is 0.0972. The number of halogens is 7. The maximum atomic E-state index is 13.9. The van der Waals surface area contributed by atoms with Gasteiger partial charge in [0.05, 0.1) is 50.3 Å². The molecular formula is C26H16Cl3F4N3O. The second kappa shape index (κ2) is 10.7. The number of fused-ring (bicyclic) bond motifs is 2. The van der Waals surface area contributed by atoms with E-state index in [2.05, 4.69) is 15.0 Å². The van der Waals surface area contributed by atoms with E-state index < -0.39 is 23.3 Å². The topological polar surface area (TPSA) is 47.9 Å². The fourth-order valence-corrected chi connectivity index (χ4v) is 4.39. The molecule has 0 radical (unpaired) electrons. The van der Waals surface area contributed by atoms with E-state index in [1.807, 2.05) is 0 Å². The van der Waals surface area contributed by atoms with Crippen LogP contribution in [0.25, 0.3) is 33.2 Å². The lowest BCUT2D eigenvalue weighted by Gasteiger charge is -2.11. The Morgan fingerprint density at radius 1 is 0.703 bits per heavy atom. The second-order valence-electron chi connectivity index (χ2n) is 7.87. The van der Waals surface area contributed by atoms with Crippen LogP contribution in [0.2, 0.25) is 15.2 Å². The standard InChI is InChI=1S/C16H11ClF2N2O.C10H5Cl2F2N/c1-8-15(17)14-10(19)6-9(18)7-12(14)21-16(8)11-4-3-5-13(20-11)22-2;1-4-9(11)8-6(14)2-5(13)3-7(8)15-10(4)12/h3-7H,1-2H3;2-3H,1H3. The summed E-state index contributed by atoms with van der Waals surface area (Å²) in [6.45, 7) is 3.34. The van der Waals surface area contributed by atoms with E-state index in [9.17, 15) is 17.6 Å². The van der Waals surface area contributed by atoms with Gasteiger partial charge in [-0.05, 0) is 25.5 Å². The highest BCUT2D eigenvalue weighted by Gasteiger charge is 2.17. The van der Waals surface area contributed by atoms with Crippen molar-refractivity contribution in [2.45, 2.75) is 13.8 Å². The molecule has 0 aliphatic carbocycles. The van der Waals surface area contributed by atoms with Crippen molar-refractivity contribution in [2.75, 3.05) is 7.11 Å². The number of ether oxygens (including phenoxy) is 1. The van der Waals surface area contributed by atoms with Gasteiger partial charge >= 0.3 is 0 Å². The van der Waals surface area contributed by atoms with E-state index in [1.54, 1.807) is 32.0 Å². The second-order valence-corrected chi connectivity index (χ2v) is 8.98. The van der Waals surface area contributed by atoms with Crippen LogP contribution in [0, 0.1) is 37.1 Å². The molecule has 0 unspecified atom stereocenters. The Labute approximate surface area is 223 Å². The smallest absolute Gasteiger partial charge is 0.213 e. The molecule has 0 bridgehead atoms. The molecule has 0 N–H and O–H groups in total. The van der Waals surface area contributed by atoms with Crippen LogP contribution in [0.3, 0.4) is 0 Å². The van der Waals surface area contributed by atoms with Crippen LogP contribution in [0.5, 0.6) is 5.88 Å². The van der Waals surface area contributed by atoms with Gasteiger partial charge < -0.3 is 4.74 Å². The Kier molecular flexibility index (Phi) is 7.73. The summed E-state index contributed by atoms with van der Waals surface area (Å²) < 4.78 is 58.8. The first kappa shape index (κ1) is 26.9. The molecule has 5 rings (SSSR count). The van der Waals surface area contributed by atoms with Gasteiger partial charge in [0.1, 0.15) is 28.4 Å². The predicted octanol–water partition coefficient (Wildman–Crippen LogP) is 8.67. The molecule has 0 spiro atoms. The first-order chi connectivity index (χ1) is 17.5. The number of pyridine rings is 3. The molecule has 0 saturated carbocycles. The van der Waals surface area contributed by atoms with Crippen molar-refractivity contribution in [1.82, 2.24) is 15.0 Å². The predicted molar refractivity (Wildman–Crippen MR) is 138 cm³/mol. The zero-order chi connectivity index (χ0) is 27.0. The molecule has 3 aromatic heterocycles. The third kappa shape index (κ3) is 5.28. The molecule has 0 fully saturated rings.